The summed E-state index contributed by atoms with van der Waals surface area (Å²) in [5, 5.41) is 9.55. The van der Waals surface area contributed by atoms with Gasteiger partial charge >= 0.3 is 0 Å². The molecule has 0 radical (unpaired) electrons. The third-order valence-corrected chi connectivity index (χ3v) is 5.00. The Balaban J connectivity index is 1.91. The zero-order valence-electron chi connectivity index (χ0n) is 20.1. The summed E-state index contributed by atoms with van der Waals surface area (Å²) in [6.45, 7) is 7.33. The lowest BCUT2D eigenvalue weighted by atomic mass is 10.2. The minimum atomic E-state index is -0.813. The highest BCUT2D eigenvalue weighted by atomic mass is 35.5. The molecule has 1 amide bonds. The van der Waals surface area contributed by atoms with Crippen molar-refractivity contribution in [1.82, 2.24) is 4.57 Å². The van der Waals surface area contributed by atoms with Gasteiger partial charge in [0.15, 0.2) is 11.6 Å². The van der Waals surface area contributed by atoms with Crippen LogP contribution in [0.3, 0.4) is 0 Å². The lowest BCUT2D eigenvalue weighted by molar-refractivity contribution is 0.102. The number of anilines is 1. The predicted molar refractivity (Wildman–Crippen MR) is 143 cm³/mol. The van der Waals surface area contributed by atoms with Crippen LogP contribution < -0.4 is 20.3 Å². The van der Waals surface area contributed by atoms with Crippen LogP contribution in [0, 0.1) is 18.2 Å². The molecule has 1 heterocycles. The van der Waals surface area contributed by atoms with E-state index in [1.165, 1.54) is 41.4 Å². The van der Waals surface area contributed by atoms with E-state index in [0.29, 0.717) is 5.69 Å². The number of hydrogen-bond acceptors (Lipinski definition) is 6. The number of benzene rings is 2. The number of rotatable bonds is 10. The molecule has 0 atom stereocenters. The van der Waals surface area contributed by atoms with Crippen LogP contribution in [-0.2, 0) is 0 Å². The van der Waals surface area contributed by atoms with Crippen molar-refractivity contribution in [2.24, 2.45) is 4.99 Å². The molecule has 0 aliphatic heterocycles. The van der Waals surface area contributed by atoms with Gasteiger partial charge in [0.05, 0.1) is 12.8 Å². The van der Waals surface area contributed by atoms with Gasteiger partial charge in [0.25, 0.3) is 11.5 Å². The SMILES string of the molecule is C=C/N=C/C(=C\C(=N)Cl)Oc1ccc(NC(=O)c2c(OCC)ccn(-c3ccc(C)cc3)c2=O)cc1F. The van der Waals surface area contributed by atoms with Gasteiger partial charge in [-0.25, -0.2) is 4.39 Å². The van der Waals surface area contributed by atoms with Gasteiger partial charge in [0.1, 0.15) is 22.2 Å². The predicted octanol–water partition coefficient (Wildman–Crippen LogP) is 5.63. The Morgan fingerprint density at radius 1 is 1.22 bits per heavy atom. The fourth-order valence-corrected chi connectivity index (χ4v) is 3.35. The smallest absolute Gasteiger partial charge is 0.271 e. The van der Waals surface area contributed by atoms with Crippen molar-refractivity contribution in [1.29, 1.82) is 5.41 Å². The summed E-state index contributed by atoms with van der Waals surface area (Å²) in [7, 11) is 0. The number of carbonyl (C=O) groups is 1. The molecule has 0 bridgehead atoms. The van der Waals surface area contributed by atoms with Gasteiger partial charge in [-0.05, 0) is 44.2 Å². The first-order valence-corrected chi connectivity index (χ1v) is 11.4. The lowest BCUT2D eigenvalue weighted by Crippen LogP contribution is -2.29. The Kier molecular flexibility index (Phi) is 9.12. The molecule has 8 nitrogen and oxygen atoms in total. The van der Waals surface area contributed by atoms with E-state index in [0.717, 1.165) is 17.7 Å². The second-order valence-electron chi connectivity index (χ2n) is 7.56. The minimum Gasteiger partial charge on any atom is -0.493 e. The van der Waals surface area contributed by atoms with Crippen molar-refractivity contribution in [3.63, 3.8) is 0 Å². The van der Waals surface area contributed by atoms with Crippen LogP contribution in [-0.4, -0.2) is 28.5 Å². The third kappa shape index (κ3) is 7.02. The number of halogens is 2. The van der Waals surface area contributed by atoms with Crippen molar-refractivity contribution >= 4 is 34.6 Å². The highest BCUT2D eigenvalue weighted by Gasteiger charge is 2.21. The fourth-order valence-electron chi connectivity index (χ4n) is 3.24. The number of aromatic nitrogens is 1. The van der Waals surface area contributed by atoms with Crippen LogP contribution in [0.1, 0.15) is 22.8 Å². The van der Waals surface area contributed by atoms with Crippen LogP contribution in [0.15, 0.2) is 89.1 Å². The van der Waals surface area contributed by atoms with Crippen molar-refractivity contribution in [2.45, 2.75) is 13.8 Å². The van der Waals surface area contributed by atoms with Gasteiger partial charge in [-0.15, -0.1) is 0 Å². The largest absolute Gasteiger partial charge is 0.493 e. The molecule has 1 aromatic heterocycles. The van der Waals surface area contributed by atoms with Gasteiger partial charge in [0.2, 0.25) is 0 Å². The lowest BCUT2D eigenvalue weighted by Gasteiger charge is -2.14. The molecular formula is C27H24ClFN4O4. The molecule has 0 aliphatic carbocycles. The Morgan fingerprint density at radius 2 is 1.95 bits per heavy atom. The van der Waals surface area contributed by atoms with E-state index >= 15 is 0 Å². The summed E-state index contributed by atoms with van der Waals surface area (Å²) in [5.41, 5.74) is 0.864. The maximum atomic E-state index is 14.8. The maximum Gasteiger partial charge on any atom is 0.271 e. The summed E-state index contributed by atoms with van der Waals surface area (Å²) < 4.78 is 27.0. The molecule has 2 N–H and O–H groups in total. The average Bonchev–Trinajstić information content (AvgIpc) is 2.85. The summed E-state index contributed by atoms with van der Waals surface area (Å²) in [6.07, 6.45) is 5.11. The molecule has 0 spiro atoms. The number of carbonyl (C=O) groups excluding carboxylic acids is 1. The molecule has 2 aromatic carbocycles. The summed E-state index contributed by atoms with van der Waals surface area (Å²) in [4.78, 5) is 30.2. The number of aliphatic imine (C=N–C) groups is 1. The second-order valence-corrected chi connectivity index (χ2v) is 7.96. The number of amides is 1. The van der Waals surface area contributed by atoms with E-state index in [9.17, 15) is 14.0 Å². The standard InChI is InChI=1S/C27H24ClFN4O4/c1-4-31-16-20(15-24(28)30)37-22-11-8-18(14-21(22)29)32-26(34)25-23(36-5-2)12-13-33(27(25)35)19-9-6-17(3)7-10-19/h4,6-16,30H,1,5H2,2-3H3,(H,32,34)/b20-15+,30-24?,31-16+. The number of pyridine rings is 1. The highest BCUT2D eigenvalue weighted by Crippen LogP contribution is 2.24. The van der Waals surface area contributed by atoms with Crippen LogP contribution >= 0.6 is 11.6 Å². The average molecular weight is 523 g/mol. The van der Waals surface area contributed by atoms with Crippen molar-refractivity contribution in [3.8, 4) is 17.2 Å². The zero-order chi connectivity index (χ0) is 26.9. The van der Waals surface area contributed by atoms with Gasteiger partial charge < -0.3 is 14.8 Å². The molecule has 10 heteroatoms. The topological polar surface area (TPSA) is 106 Å². The molecule has 0 aliphatic rings. The van der Waals surface area contributed by atoms with E-state index in [1.54, 1.807) is 19.1 Å². The minimum absolute atomic E-state index is 0.00196. The Morgan fingerprint density at radius 3 is 2.57 bits per heavy atom. The molecule has 190 valence electrons. The summed E-state index contributed by atoms with van der Waals surface area (Å²) in [6, 6.07) is 12.5. The van der Waals surface area contributed by atoms with Crippen molar-refractivity contribution < 1.29 is 18.7 Å². The molecule has 0 saturated carbocycles. The van der Waals surface area contributed by atoms with E-state index in [2.05, 4.69) is 16.9 Å². The summed E-state index contributed by atoms with van der Waals surface area (Å²) in [5.74, 6) is -1.68. The normalized spacial score (nSPS) is 11.3. The first-order chi connectivity index (χ1) is 17.7. The van der Waals surface area contributed by atoms with Crippen LogP contribution in [0.5, 0.6) is 11.5 Å². The van der Waals surface area contributed by atoms with Crippen LogP contribution in [0.4, 0.5) is 10.1 Å². The Labute approximate surface area is 217 Å². The number of ether oxygens (including phenoxy) is 2. The number of hydrogen-bond donors (Lipinski definition) is 2. The van der Waals surface area contributed by atoms with E-state index in [-0.39, 0.29) is 40.3 Å². The van der Waals surface area contributed by atoms with Crippen molar-refractivity contribution in [2.75, 3.05) is 11.9 Å². The quantitative estimate of drug-likeness (QED) is 0.266. The van der Waals surface area contributed by atoms with Gasteiger partial charge in [0, 0.05) is 35.9 Å². The van der Waals surface area contributed by atoms with Crippen LogP contribution in [0.2, 0.25) is 0 Å². The second kappa shape index (κ2) is 12.5. The molecule has 0 unspecified atom stereocenters. The Bertz CT molecular complexity index is 1450. The molecular weight excluding hydrogens is 499 g/mol. The van der Waals surface area contributed by atoms with E-state index < -0.39 is 17.3 Å². The van der Waals surface area contributed by atoms with Gasteiger partial charge in [-0.3, -0.25) is 24.6 Å². The van der Waals surface area contributed by atoms with Crippen LogP contribution in [0.25, 0.3) is 5.69 Å². The fraction of sp³-hybridized carbons (Fsp3) is 0.111. The number of nitrogens with zero attached hydrogens (tertiary/aromatic N) is 2. The number of nitrogens with one attached hydrogen (secondary N) is 2. The monoisotopic (exact) mass is 522 g/mol. The molecule has 0 fully saturated rings. The molecule has 3 aromatic rings. The molecule has 3 rings (SSSR count). The molecule has 37 heavy (non-hydrogen) atoms. The highest BCUT2D eigenvalue weighted by molar-refractivity contribution is 6.67. The Hall–Kier alpha value is -4.50. The maximum absolute atomic E-state index is 14.8. The first kappa shape index (κ1) is 27.1. The first-order valence-electron chi connectivity index (χ1n) is 11.1. The van der Waals surface area contributed by atoms with E-state index in [1.807, 2.05) is 19.1 Å². The molecule has 0 saturated heterocycles. The van der Waals surface area contributed by atoms with Crippen molar-refractivity contribution in [3.05, 3.63) is 107 Å². The third-order valence-electron chi connectivity index (χ3n) is 4.89. The van der Waals surface area contributed by atoms with E-state index in [4.69, 9.17) is 26.5 Å². The van der Waals surface area contributed by atoms with Gasteiger partial charge in [-0.1, -0.05) is 35.9 Å². The summed E-state index contributed by atoms with van der Waals surface area (Å²) >= 11 is 5.56. The number of allylic oxidation sites excluding steroid dienone is 2. The van der Waals surface area contributed by atoms with Gasteiger partial charge in [-0.2, -0.15) is 0 Å². The zero-order valence-corrected chi connectivity index (χ0v) is 20.9. The number of aryl methyl sites for hydroxylation is 1.